The zero-order valence-corrected chi connectivity index (χ0v) is 12.1. The van der Waals surface area contributed by atoms with Crippen LogP contribution in [-0.4, -0.2) is 30.0 Å². The van der Waals surface area contributed by atoms with Gasteiger partial charge in [0.1, 0.15) is 0 Å². The van der Waals surface area contributed by atoms with Gasteiger partial charge in [-0.05, 0) is 55.6 Å². The first-order valence-electron chi connectivity index (χ1n) is 7.29. The predicted molar refractivity (Wildman–Crippen MR) is 74.4 cm³/mol. The first-order valence-corrected chi connectivity index (χ1v) is 8.45. The van der Waals surface area contributed by atoms with Gasteiger partial charge in [-0.2, -0.15) is 11.8 Å². The third kappa shape index (κ3) is 4.09. The van der Waals surface area contributed by atoms with Gasteiger partial charge in [-0.15, -0.1) is 0 Å². The molecule has 4 heteroatoms. The van der Waals surface area contributed by atoms with Crippen LogP contribution >= 0.6 is 11.8 Å². The fourth-order valence-electron chi connectivity index (χ4n) is 3.41. The summed E-state index contributed by atoms with van der Waals surface area (Å²) in [5.74, 6) is 0.979. The lowest BCUT2D eigenvalue weighted by Gasteiger charge is -2.33. The maximum atomic E-state index is 13.4. The first-order chi connectivity index (χ1) is 8.61. The van der Waals surface area contributed by atoms with Crippen LogP contribution in [0, 0.1) is 11.8 Å². The third-order valence-electron chi connectivity index (χ3n) is 4.33. The van der Waals surface area contributed by atoms with Crippen LogP contribution in [-0.2, 0) is 0 Å². The van der Waals surface area contributed by atoms with E-state index in [9.17, 15) is 8.78 Å². The molecule has 1 saturated heterocycles. The minimum Gasteiger partial charge on any atom is -0.314 e. The molecule has 1 nitrogen and oxygen atoms in total. The topological polar surface area (TPSA) is 12.0 Å². The predicted octanol–water partition coefficient (Wildman–Crippen LogP) is 3.93. The highest BCUT2D eigenvalue weighted by molar-refractivity contribution is 7.99. The minimum atomic E-state index is -2.40. The van der Waals surface area contributed by atoms with Crippen molar-refractivity contribution in [1.82, 2.24) is 5.32 Å². The maximum absolute atomic E-state index is 13.4. The highest BCUT2D eigenvalue weighted by Gasteiger charge is 2.38. The second kappa shape index (κ2) is 6.56. The lowest BCUT2D eigenvalue weighted by atomic mass is 9.80. The molecule has 1 aliphatic heterocycles. The molecule has 0 aromatic rings. The van der Waals surface area contributed by atoms with E-state index >= 15 is 0 Å². The van der Waals surface area contributed by atoms with Crippen LogP contribution in [0.3, 0.4) is 0 Å². The van der Waals surface area contributed by atoms with Gasteiger partial charge in [0, 0.05) is 18.9 Å². The van der Waals surface area contributed by atoms with Crippen molar-refractivity contribution in [1.29, 1.82) is 0 Å². The van der Waals surface area contributed by atoms with Crippen LogP contribution in [0.2, 0.25) is 0 Å². The second-order valence-electron chi connectivity index (χ2n) is 5.84. The lowest BCUT2D eigenvalue weighted by molar-refractivity contribution is -0.0554. The van der Waals surface area contributed by atoms with Gasteiger partial charge in [0.2, 0.25) is 5.92 Å². The normalized spacial score (nSPS) is 33.5. The summed E-state index contributed by atoms with van der Waals surface area (Å²) < 4.78 is 26.9. The number of halogens is 2. The number of hydrogen-bond donors (Lipinski definition) is 1. The SMILES string of the molecule is CCNC(CC1CCCC(F)(F)C1)C1CCSC1. The van der Waals surface area contributed by atoms with Gasteiger partial charge in [0.05, 0.1) is 0 Å². The fourth-order valence-corrected chi connectivity index (χ4v) is 4.75. The monoisotopic (exact) mass is 277 g/mol. The Kier molecular flexibility index (Phi) is 5.31. The highest BCUT2D eigenvalue weighted by atomic mass is 32.2. The van der Waals surface area contributed by atoms with E-state index in [-0.39, 0.29) is 18.8 Å². The van der Waals surface area contributed by atoms with Crippen molar-refractivity contribution in [3.05, 3.63) is 0 Å². The van der Waals surface area contributed by atoms with Gasteiger partial charge in [0.25, 0.3) is 0 Å². The molecule has 1 heterocycles. The molecule has 3 unspecified atom stereocenters. The highest BCUT2D eigenvalue weighted by Crippen LogP contribution is 2.40. The number of thioether (sulfide) groups is 1. The zero-order valence-electron chi connectivity index (χ0n) is 11.3. The second-order valence-corrected chi connectivity index (χ2v) is 6.99. The van der Waals surface area contributed by atoms with E-state index in [1.807, 2.05) is 11.8 Å². The first kappa shape index (κ1) is 14.6. The van der Waals surface area contributed by atoms with Crippen molar-refractivity contribution in [3.63, 3.8) is 0 Å². The van der Waals surface area contributed by atoms with E-state index in [4.69, 9.17) is 0 Å². The molecule has 0 aromatic heterocycles. The van der Waals surface area contributed by atoms with Crippen LogP contribution in [0.4, 0.5) is 8.78 Å². The number of nitrogens with one attached hydrogen (secondary N) is 1. The molecule has 106 valence electrons. The minimum absolute atomic E-state index is 0.106. The van der Waals surface area contributed by atoms with E-state index in [1.165, 1.54) is 17.9 Å². The molecule has 0 aromatic carbocycles. The summed E-state index contributed by atoms with van der Waals surface area (Å²) in [6.45, 7) is 3.07. The van der Waals surface area contributed by atoms with Crippen LogP contribution in [0.15, 0.2) is 0 Å². The van der Waals surface area contributed by atoms with Crippen LogP contribution < -0.4 is 5.32 Å². The zero-order chi connectivity index (χ0) is 13.0. The van der Waals surface area contributed by atoms with E-state index in [0.29, 0.717) is 18.4 Å². The van der Waals surface area contributed by atoms with Crippen molar-refractivity contribution in [2.45, 2.75) is 57.4 Å². The molecular formula is C14H25F2NS. The van der Waals surface area contributed by atoms with Crippen molar-refractivity contribution in [2.75, 3.05) is 18.1 Å². The van der Waals surface area contributed by atoms with Gasteiger partial charge < -0.3 is 5.32 Å². The van der Waals surface area contributed by atoms with Crippen molar-refractivity contribution in [3.8, 4) is 0 Å². The van der Waals surface area contributed by atoms with Crippen LogP contribution in [0.5, 0.6) is 0 Å². The Hall–Kier alpha value is 0.170. The Morgan fingerprint density at radius 2 is 2.22 bits per heavy atom. The largest absolute Gasteiger partial charge is 0.314 e. The van der Waals surface area contributed by atoms with Gasteiger partial charge in [-0.1, -0.05) is 6.92 Å². The number of hydrogen-bond acceptors (Lipinski definition) is 2. The summed E-state index contributed by atoms with van der Waals surface area (Å²) in [7, 11) is 0. The molecule has 1 aliphatic carbocycles. The van der Waals surface area contributed by atoms with Crippen molar-refractivity contribution < 1.29 is 8.78 Å². The molecule has 1 N–H and O–H groups in total. The average molecular weight is 277 g/mol. The van der Waals surface area contributed by atoms with Crippen molar-refractivity contribution in [2.24, 2.45) is 11.8 Å². The van der Waals surface area contributed by atoms with Gasteiger partial charge in [0.15, 0.2) is 0 Å². The van der Waals surface area contributed by atoms with Gasteiger partial charge in [-0.3, -0.25) is 0 Å². The van der Waals surface area contributed by atoms with E-state index in [0.717, 1.165) is 19.4 Å². The lowest BCUT2D eigenvalue weighted by Crippen LogP contribution is -2.39. The Balaban J connectivity index is 1.87. The Morgan fingerprint density at radius 3 is 2.83 bits per heavy atom. The van der Waals surface area contributed by atoms with Gasteiger partial charge in [-0.25, -0.2) is 8.78 Å². The summed E-state index contributed by atoms with van der Waals surface area (Å²) >= 11 is 2.01. The standard InChI is InChI=1S/C14H25F2NS/c1-2-17-13(12-5-7-18-10-12)8-11-4-3-6-14(15,16)9-11/h11-13,17H,2-10H2,1H3. The Labute approximate surface area is 113 Å². The molecule has 18 heavy (non-hydrogen) atoms. The molecule has 0 bridgehead atoms. The van der Waals surface area contributed by atoms with E-state index in [2.05, 4.69) is 12.2 Å². The van der Waals surface area contributed by atoms with Crippen LogP contribution in [0.1, 0.15) is 45.4 Å². The smallest absolute Gasteiger partial charge is 0.248 e. The van der Waals surface area contributed by atoms with E-state index < -0.39 is 5.92 Å². The summed E-state index contributed by atoms with van der Waals surface area (Å²) in [6, 6.07) is 0.462. The summed E-state index contributed by atoms with van der Waals surface area (Å²) in [4.78, 5) is 0. The molecule has 3 atom stereocenters. The van der Waals surface area contributed by atoms with Gasteiger partial charge >= 0.3 is 0 Å². The third-order valence-corrected chi connectivity index (χ3v) is 5.52. The molecule has 2 fully saturated rings. The molecule has 0 amide bonds. The molecular weight excluding hydrogens is 252 g/mol. The Bertz CT molecular complexity index is 254. The molecule has 0 radical (unpaired) electrons. The summed E-state index contributed by atoms with van der Waals surface area (Å²) in [5.41, 5.74) is 0. The fraction of sp³-hybridized carbons (Fsp3) is 1.00. The summed E-state index contributed by atoms with van der Waals surface area (Å²) in [6.07, 6.45) is 4.14. The van der Waals surface area contributed by atoms with Crippen molar-refractivity contribution >= 4 is 11.8 Å². The Morgan fingerprint density at radius 1 is 1.39 bits per heavy atom. The number of alkyl halides is 2. The summed E-state index contributed by atoms with van der Waals surface area (Å²) in [5, 5.41) is 3.54. The quantitative estimate of drug-likeness (QED) is 0.817. The molecule has 0 spiro atoms. The molecule has 2 rings (SSSR count). The maximum Gasteiger partial charge on any atom is 0.248 e. The average Bonchev–Trinajstić information content (AvgIpc) is 2.80. The molecule has 2 aliphatic rings. The molecule has 1 saturated carbocycles. The van der Waals surface area contributed by atoms with Crippen LogP contribution in [0.25, 0.3) is 0 Å². The van der Waals surface area contributed by atoms with E-state index in [1.54, 1.807) is 0 Å². The number of rotatable bonds is 5.